The number of amides is 3. The second kappa shape index (κ2) is 11.7. The lowest BCUT2D eigenvalue weighted by Crippen LogP contribution is -2.59. The summed E-state index contributed by atoms with van der Waals surface area (Å²) in [7, 11) is 0. The molecule has 3 amide bonds. The smallest absolute Gasteiger partial charge is 0.246 e. The fraction of sp³-hybridized carbons (Fsp3) is 0.514. The number of hydrogen-bond acceptors (Lipinski definition) is 4. The summed E-state index contributed by atoms with van der Waals surface area (Å²) in [5.74, 6) is -1.39. The van der Waals surface area contributed by atoms with Crippen LogP contribution in [0.5, 0.6) is 0 Å². The van der Waals surface area contributed by atoms with Gasteiger partial charge >= 0.3 is 0 Å². The lowest BCUT2D eigenvalue weighted by molar-refractivity contribution is -0.144. The average molecular weight is 604 g/mol. The summed E-state index contributed by atoms with van der Waals surface area (Å²) in [4.78, 5) is 44.3. The van der Waals surface area contributed by atoms with Crippen LogP contribution >= 0.6 is 11.6 Å². The number of rotatable bonds is 8. The van der Waals surface area contributed by atoms with Crippen molar-refractivity contribution in [2.75, 3.05) is 5.32 Å². The number of ether oxygens (including phenoxy) is 1. The summed E-state index contributed by atoms with van der Waals surface area (Å²) in [6.45, 7) is 8.34. The van der Waals surface area contributed by atoms with Gasteiger partial charge in [-0.05, 0) is 68.2 Å². The Morgan fingerprint density at radius 2 is 1.88 bits per heavy atom. The van der Waals surface area contributed by atoms with Crippen LogP contribution in [-0.2, 0) is 25.5 Å². The maximum Gasteiger partial charge on any atom is 0.246 e. The summed E-state index contributed by atoms with van der Waals surface area (Å²) >= 11 is 6.32. The number of anilines is 1. The molecule has 1 saturated carbocycles. The molecule has 0 radical (unpaired) electrons. The second-order valence-corrected chi connectivity index (χ2v) is 13.6. The van der Waals surface area contributed by atoms with Gasteiger partial charge in [-0.2, -0.15) is 0 Å². The Kier molecular flexibility index (Phi) is 8.16. The normalized spacial score (nSPS) is 33.4. The van der Waals surface area contributed by atoms with Gasteiger partial charge in [-0.3, -0.25) is 14.4 Å². The summed E-state index contributed by atoms with van der Waals surface area (Å²) in [6, 6.07) is 14.5. The van der Waals surface area contributed by atoms with Gasteiger partial charge in [0, 0.05) is 22.8 Å². The summed E-state index contributed by atoms with van der Waals surface area (Å²) in [6.07, 6.45) is 7.75. The van der Waals surface area contributed by atoms with Crippen LogP contribution in [0.25, 0.3) is 0 Å². The van der Waals surface area contributed by atoms with Crippen LogP contribution in [0.1, 0.15) is 57.6 Å². The van der Waals surface area contributed by atoms with Gasteiger partial charge in [-0.1, -0.05) is 86.8 Å². The highest BCUT2D eigenvalue weighted by Gasteiger charge is 2.73. The van der Waals surface area contributed by atoms with E-state index in [0.717, 1.165) is 31.2 Å². The summed E-state index contributed by atoms with van der Waals surface area (Å²) in [5, 5.41) is 6.87. The second-order valence-electron chi connectivity index (χ2n) is 13.2. The maximum atomic E-state index is 14.4. The van der Waals surface area contributed by atoms with Crippen LogP contribution in [0.4, 0.5) is 5.69 Å². The van der Waals surface area contributed by atoms with Gasteiger partial charge < -0.3 is 20.3 Å². The Hall–Kier alpha value is -3.16. The van der Waals surface area contributed by atoms with Gasteiger partial charge in [-0.15, -0.1) is 0 Å². The molecular formula is C35H42ClN3O4. The van der Waals surface area contributed by atoms with Crippen LogP contribution in [0, 0.1) is 30.6 Å². The Morgan fingerprint density at radius 1 is 1.12 bits per heavy atom. The number of nitrogens with zero attached hydrogens (tertiary/aromatic N) is 1. The molecule has 3 fully saturated rings. The predicted molar refractivity (Wildman–Crippen MR) is 168 cm³/mol. The first-order chi connectivity index (χ1) is 20.6. The first-order valence-electron chi connectivity index (χ1n) is 15.7. The number of fused-ring (bicyclic) bond motifs is 1. The minimum Gasteiger partial charge on any atom is -0.359 e. The van der Waals surface area contributed by atoms with Crippen molar-refractivity contribution in [2.45, 2.75) is 89.6 Å². The molecule has 2 aromatic rings. The fourth-order valence-electron chi connectivity index (χ4n) is 7.78. The zero-order chi connectivity index (χ0) is 30.5. The third-order valence-electron chi connectivity index (χ3n) is 10.5. The highest BCUT2D eigenvalue weighted by molar-refractivity contribution is 6.31. The number of aryl methyl sites for hydroxylation is 2. The third kappa shape index (κ3) is 5.29. The van der Waals surface area contributed by atoms with E-state index >= 15 is 0 Å². The number of halogens is 1. The molecule has 228 valence electrons. The molecule has 2 N–H and O–H groups in total. The molecular weight excluding hydrogens is 562 g/mol. The third-order valence-corrected chi connectivity index (χ3v) is 10.9. The van der Waals surface area contributed by atoms with Crippen LogP contribution in [0.3, 0.4) is 0 Å². The van der Waals surface area contributed by atoms with Crippen molar-refractivity contribution >= 4 is 35.0 Å². The Balaban J connectivity index is 1.30. The molecule has 6 rings (SSSR count). The van der Waals surface area contributed by atoms with E-state index in [1.165, 1.54) is 5.56 Å². The number of likely N-dealkylation sites (tertiary alicyclic amines) is 1. The van der Waals surface area contributed by atoms with E-state index in [4.69, 9.17) is 16.3 Å². The van der Waals surface area contributed by atoms with E-state index in [9.17, 15) is 14.4 Å². The van der Waals surface area contributed by atoms with E-state index in [1.54, 1.807) is 17.0 Å². The van der Waals surface area contributed by atoms with Gasteiger partial charge in [0.15, 0.2) is 0 Å². The van der Waals surface area contributed by atoms with Crippen LogP contribution in [-0.4, -0.2) is 52.5 Å². The highest BCUT2D eigenvalue weighted by Crippen LogP contribution is 2.56. The van der Waals surface area contributed by atoms with Gasteiger partial charge in [0.1, 0.15) is 11.6 Å². The minimum atomic E-state index is -1.19. The van der Waals surface area contributed by atoms with Crippen molar-refractivity contribution in [1.82, 2.24) is 10.2 Å². The van der Waals surface area contributed by atoms with E-state index < -0.39 is 29.6 Å². The van der Waals surface area contributed by atoms with E-state index in [0.29, 0.717) is 29.0 Å². The van der Waals surface area contributed by atoms with Crippen LogP contribution < -0.4 is 10.6 Å². The summed E-state index contributed by atoms with van der Waals surface area (Å²) in [5.41, 5.74) is 1.46. The molecule has 1 spiro atoms. The van der Waals surface area contributed by atoms with Gasteiger partial charge in [0.25, 0.3) is 0 Å². The number of carbonyl (C=O) groups excluding carboxylic acids is 3. The van der Waals surface area contributed by atoms with Crippen LogP contribution in [0.15, 0.2) is 60.7 Å². The predicted octanol–water partition coefficient (Wildman–Crippen LogP) is 5.70. The van der Waals surface area contributed by atoms with E-state index in [2.05, 4.69) is 36.6 Å². The van der Waals surface area contributed by atoms with Crippen molar-refractivity contribution in [2.24, 2.45) is 23.7 Å². The largest absolute Gasteiger partial charge is 0.359 e. The number of nitrogens with one attached hydrogen (secondary N) is 2. The van der Waals surface area contributed by atoms with Gasteiger partial charge in [0.05, 0.1) is 17.9 Å². The van der Waals surface area contributed by atoms with Crippen molar-refractivity contribution in [3.63, 3.8) is 0 Å². The molecule has 0 aromatic heterocycles. The highest BCUT2D eigenvalue weighted by atomic mass is 35.5. The molecule has 7 nitrogen and oxygen atoms in total. The molecule has 3 heterocycles. The average Bonchev–Trinajstić information content (AvgIpc) is 3.64. The van der Waals surface area contributed by atoms with E-state index in [1.807, 2.05) is 50.3 Å². The zero-order valence-corrected chi connectivity index (χ0v) is 26.1. The quantitative estimate of drug-likeness (QED) is 0.379. The van der Waals surface area contributed by atoms with Crippen molar-refractivity contribution < 1.29 is 19.1 Å². The van der Waals surface area contributed by atoms with Gasteiger partial charge in [0.2, 0.25) is 17.7 Å². The first-order valence-corrected chi connectivity index (χ1v) is 16.1. The number of carbonyl (C=O) groups is 3. The molecule has 2 saturated heterocycles. The SMILES string of the molecule is Cc1ccc(NC(=O)[C@@H]2[C@@H]3C=C[C@]4(O3)[C@@H]2C(=O)N([C@@H](C)CCc2ccccc2)[C@H]4C(=O)N[C@@H]2CCC[C@H](C)[C@H]2C)cc1Cl. The molecule has 1 aliphatic carbocycles. The number of hydrogen-bond donors (Lipinski definition) is 2. The number of benzene rings is 2. The lowest BCUT2D eigenvalue weighted by atomic mass is 9.73. The van der Waals surface area contributed by atoms with Crippen molar-refractivity contribution in [3.8, 4) is 0 Å². The zero-order valence-electron chi connectivity index (χ0n) is 25.4. The molecule has 43 heavy (non-hydrogen) atoms. The monoisotopic (exact) mass is 603 g/mol. The fourth-order valence-corrected chi connectivity index (χ4v) is 7.96. The topological polar surface area (TPSA) is 87.7 Å². The van der Waals surface area contributed by atoms with Crippen LogP contribution in [0.2, 0.25) is 5.02 Å². The van der Waals surface area contributed by atoms with Gasteiger partial charge in [-0.25, -0.2) is 0 Å². The molecule has 3 aliphatic heterocycles. The Bertz CT molecular complexity index is 1430. The first kappa shape index (κ1) is 29.9. The Labute approximate surface area is 259 Å². The van der Waals surface area contributed by atoms with Crippen molar-refractivity contribution in [1.29, 1.82) is 0 Å². The lowest BCUT2D eigenvalue weighted by Gasteiger charge is -2.39. The molecule has 9 atom stereocenters. The molecule has 4 aliphatic rings. The molecule has 0 unspecified atom stereocenters. The standard InChI is InChI=1S/C35H42ClN3O4/c1-20-9-8-12-27(23(20)4)38-33(41)31-35-18-17-28(43-35)29(32(40)37-25-16-13-21(2)26(36)19-25)30(35)34(42)39(31)22(3)14-15-24-10-6-5-7-11-24/h5-7,10-11,13,16-20,22-23,27-31H,8-9,12,14-15H2,1-4H3,(H,37,40)(H,38,41)/t20-,22-,23+,27+,28-,29+,30-,31-,35-/m0/s1. The molecule has 2 bridgehead atoms. The summed E-state index contributed by atoms with van der Waals surface area (Å²) < 4.78 is 6.56. The van der Waals surface area contributed by atoms with E-state index in [-0.39, 0.29) is 29.8 Å². The minimum absolute atomic E-state index is 0.0382. The molecule has 8 heteroatoms. The van der Waals surface area contributed by atoms with Crippen molar-refractivity contribution in [3.05, 3.63) is 76.8 Å². The molecule has 2 aromatic carbocycles. The Morgan fingerprint density at radius 3 is 2.63 bits per heavy atom. The maximum absolute atomic E-state index is 14.4.